The summed E-state index contributed by atoms with van der Waals surface area (Å²) in [5.41, 5.74) is 1.96. The highest BCUT2D eigenvalue weighted by atomic mass is 127. The zero-order valence-electron chi connectivity index (χ0n) is 8.54. The number of aryl methyl sites for hydroxylation is 1. The van der Waals surface area contributed by atoms with Crippen molar-refractivity contribution in [3.8, 4) is 0 Å². The quantitative estimate of drug-likeness (QED) is 0.756. The molecule has 0 radical (unpaired) electrons. The summed E-state index contributed by atoms with van der Waals surface area (Å²) in [6.07, 6.45) is 1.77. The lowest BCUT2D eigenvalue weighted by Gasteiger charge is -2.05. The van der Waals surface area contributed by atoms with Gasteiger partial charge >= 0.3 is 0 Å². The molecule has 1 aromatic carbocycles. The molecule has 0 aliphatic rings. The number of halogens is 3. The van der Waals surface area contributed by atoms with Crippen molar-refractivity contribution in [2.75, 3.05) is 0 Å². The number of aromatic nitrogens is 2. The number of nitrogens with zero attached hydrogens (tertiary/aromatic N) is 2. The summed E-state index contributed by atoms with van der Waals surface area (Å²) >= 11 is 7.99. The van der Waals surface area contributed by atoms with E-state index in [1.54, 1.807) is 16.9 Å². The molecule has 0 fully saturated rings. The molecular formula is C11H9ClFIN2. The summed E-state index contributed by atoms with van der Waals surface area (Å²) in [5, 5.41) is 4.89. The van der Waals surface area contributed by atoms with Gasteiger partial charge in [-0.1, -0.05) is 17.7 Å². The van der Waals surface area contributed by atoms with Crippen molar-refractivity contribution < 1.29 is 4.39 Å². The third-order valence-corrected chi connectivity index (χ3v) is 3.70. The molecule has 1 heterocycles. The molecule has 0 amide bonds. The zero-order chi connectivity index (χ0) is 11.7. The van der Waals surface area contributed by atoms with Crippen molar-refractivity contribution in [3.05, 3.63) is 50.1 Å². The first-order valence-electron chi connectivity index (χ1n) is 4.70. The predicted molar refractivity (Wildman–Crippen MR) is 70.2 cm³/mol. The first-order chi connectivity index (χ1) is 7.56. The number of benzene rings is 1. The maximum Gasteiger partial charge on any atom is 0.141 e. The molecule has 0 N–H and O–H groups in total. The molecule has 0 aliphatic heterocycles. The van der Waals surface area contributed by atoms with Crippen molar-refractivity contribution in [2.24, 2.45) is 0 Å². The average Bonchev–Trinajstić information content (AvgIpc) is 2.51. The van der Waals surface area contributed by atoms with E-state index in [1.807, 2.05) is 6.92 Å². The van der Waals surface area contributed by atoms with Crippen LogP contribution in [0, 0.1) is 16.4 Å². The normalized spacial score (nSPS) is 10.8. The lowest BCUT2D eigenvalue weighted by molar-refractivity contribution is 0.622. The summed E-state index contributed by atoms with van der Waals surface area (Å²) in [5.74, 6) is -0.214. The van der Waals surface area contributed by atoms with Gasteiger partial charge in [0.05, 0.1) is 11.6 Å². The minimum atomic E-state index is -0.214. The fraction of sp³-hybridized carbons (Fsp3) is 0.182. The Bertz CT molecular complexity index is 505. The number of rotatable bonds is 2. The molecular weight excluding hydrogens is 341 g/mol. The van der Waals surface area contributed by atoms with Crippen LogP contribution in [0.1, 0.15) is 11.1 Å². The second-order valence-corrected chi connectivity index (χ2v) is 4.97. The Hall–Kier alpha value is -0.620. The van der Waals surface area contributed by atoms with Crippen molar-refractivity contribution in [1.29, 1.82) is 0 Å². The molecule has 84 valence electrons. The van der Waals surface area contributed by atoms with E-state index in [1.165, 1.54) is 12.1 Å². The second kappa shape index (κ2) is 4.71. The van der Waals surface area contributed by atoms with Crippen LogP contribution in [0.15, 0.2) is 24.4 Å². The van der Waals surface area contributed by atoms with E-state index in [0.717, 1.165) is 14.8 Å². The molecule has 0 unspecified atom stereocenters. The molecule has 0 aliphatic carbocycles. The van der Waals surface area contributed by atoms with Gasteiger partial charge in [0.15, 0.2) is 0 Å². The molecule has 0 atom stereocenters. The summed E-state index contributed by atoms with van der Waals surface area (Å²) in [7, 11) is 0. The van der Waals surface area contributed by atoms with Crippen LogP contribution in [-0.4, -0.2) is 9.78 Å². The third kappa shape index (κ3) is 2.55. The average molecular weight is 351 g/mol. The maximum atomic E-state index is 12.9. The monoisotopic (exact) mass is 350 g/mol. The van der Waals surface area contributed by atoms with Gasteiger partial charge in [0.25, 0.3) is 0 Å². The Morgan fingerprint density at radius 1 is 1.50 bits per heavy atom. The summed E-state index contributed by atoms with van der Waals surface area (Å²) in [6, 6.07) is 4.75. The van der Waals surface area contributed by atoms with Gasteiger partial charge in [-0.2, -0.15) is 5.10 Å². The highest BCUT2D eigenvalue weighted by molar-refractivity contribution is 14.1. The molecule has 5 heteroatoms. The van der Waals surface area contributed by atoms with Gasteiger partial charge in [0.2, 0.25) is 0 Å². The van der Waals surface area contributed by atoms with E-state index in [4.69, 9.17) is 11.6 Å². The van der Waals surface area contributed by atoms with Crippen LogP contribution in [0.2, 0.25) is 5.02 Å². The van der Waals surface area contributed by atoms with Crippen molar-refractivity contribution in [2.45, 2.75) is 13.5 Å². The van der Waals surface area contributed by atoms with E-state index >= 15 is 0 Å². The topological polar surface area (TPSA) is 17.8 Å². The van der Waals surface area contributed by atoms with E-state index in [0.29, 0.717) is 11.6 Å². The van der Waals surface area contributed by atoms with Gasteiger partial charge in [0, 0.05) is 6.20 Å². The predicted octanol–water partition coefficient (Wildman–Crippen LogP) is 3.64. The molecule has 0 bridgehead atoms. The van der Waals surface area contributed by atoms with Crippen LogP contribution in [0.4, 0.5) is 4.39 Å². The first kappa shape index (κ1) is 11.9. The SMILES string of the molecule is Cc1cc(F)ccc1Cn1cc(Cl)c(I)n1. The van der Waals surface area contributed by atoms with Gasteiger partial charge in [-0.05, 0) is 52.8 Å². The van der Waals surface area contributed by atoms with E-state index in [2.05, 4.69) is 27.7 Å². The minimum Gasteiger partial charge on any atom is -0.266 e. The van der Waals surface area contributed by atoms with Gasteiger partial charge in [-0.3, -0.25) is 4.68 Å². The van der Waals surface area contributed by atoms with Crippen molar-refractivity contribution >= 4 is 34.2 Å². The Labute approximate surface area is 112 Å². The van der Waals surface area contributed by atoms with Crippen LogP contribution in [0.5, 0.6) is 0 Å². The van der Waals surface area contributed by atoms with Crippen LogP contribution < -0.4 is 0 Å². The second-order valence-electron chi connectivity index (χ2n) is 3.54. The van der Waals surface area contributed by atoms with Gasteiger partial charge in [-0.25, -0.2) is 4.39 Å². The van der Waals surface area contributed by atoms with Crippen LogP contribution in [-0.2, 0) is 6.54 Å². The zero-order valence-corrected chi connectivity index (χ0v) is 11.5. The van der Waals surface area contributed by atoms with E-state index in [-0.39, 0.29) is 5.82 Å². The molecule has 0 saturated heterocycles. The van der Waals surface area contributed by atoms with Crippen molar-refractivity contribution in [3.63, 3.8) is 0 Å². The summed E-state index contributed by atoms with van der Waals surface area (Å²) in [4.78, 5) is 0. The van der Waals surface area contributed by atoms with Gasteiger partial charge < -0.3 is 0 Å². The molecule has 1 aromatic heterocycles. The molecule has 0 spiro atoms. The van der Waals surface area contributed by atoms with Crippen molar-refractivity contribution in [1.82, 2.24) is 9.78 Å². The van der Waals surface area contributed by atoms with Crippen LogP contribution in [0.3, 0.4) is 0 Å². The fourth-order valence-corrected chi connectivity index (χ4v) is 2.03. The smallest absolute Gasteiger partial charge is 0.141 e. The Kier molecular flexibility index (Phi) is 3.49. The Balaban J connectivity index is 2.27. The maximum absolute atomic E-state index is 12.9. The summed E-state index contributed by atoms with van der Waals surface area (Å²) in [6.45, 7) is 2.49. The molecule has 2 rings (SSSR count). The minimum absolute atomic E-state index is 0.214. The fourth-order valence-electron chi connectivity index (χ4n) is 1.47. The Morgan fingerprint density at radius 2 is 2.25 bits per heavy atom. The van der Waals surface area contributed by atoms with Gasteiger partial charge in [-0.15, -0.1) is 0 Å². The first-order valence-corrected chi connectivity index (χ1v) is 6.15. The van der Waals surface area contributed by atoms with Crippen LogP contribution >= 0.6 is 34.2 Å². The van der Waals surface area contributed by atoms with E-state index in [9.17, 15) is 4.39 Å². The highest BCUT2D eigenvalue weighted by Gasteiger charge is 2.05. The lowest BCUT2D eigenvalue weighted by Crippen LogP contribution is -2.02. The standard InChI is InChI=1S/C11H9ClFIN2/c1-7-4-9(13)3-2-8(7)5-16-6-10(12)11(14)15-16/h2-4,6H,5H2,1H3. The highest BCUT2D eigenvalue weighted by Crippen LogP contribution is 2.17. The summed E-state index contributed by atoms with van der Waals surface area (Å²) < 4.78 is 15.4. The number of hydrogen-bond acceptors (Lipinski definition) is 1. The lowest BCUT2D eigenvalue weighted by atomic mass is 10.1. The Morgan fingerprint density at radius 3 is 2.81 bits per heavy atom. The largest absolute Gasteiger partial charge is 0.266 e. The van der Waals surface area contributed by atoms with Crippen LogP contribution in [0.25, 0.3) is 0 Å². The molecule has 2 nitrogen and oxygen atoms in total. The molecule has 0 saturated carbocycles. The van der Waals surface area contributed by atoms with E-state index < -0.39 is 0 Å². The van der Waals surface area contributed by atoms with Gasteiger partial charge in [0.1, 0.15) is 9.52 Å². The molecule has 2 aromatic rings. The number of hydrogen-bond donors (Lipinski definition) is 0. The molecule has 16 heavy (non-hydrogen) atoms. The third-order valence-electron chi connectivity index (χ3n) is 2.31.